The number of rotatable bonds is 8. The number of halogens is 1. The summed E-state index contributed by atoms with van der Waals surface area (Å²) in [5, 5.41) is 8.87. The number of hydrogen-bond donors (Lipinski definition) is 1. The van der Waals surface area contributed by atoms with E-state index < -0.39 is 0 Å². The van der Waals surface area contributed by atoms with Gasteiger partial charge < -0.3 is 14.4 Å². The van der Waals surface area contributed by atoms with Crippen molar-refractivity contribution in [1.82, 2.24) is 20.0 Å². The number of aryl methyl sites for hydroxylation is 1. The quantitative estimate of drug-likeness (QED) is 0.517. The lowest BCUT2D eigenvalue weighted by atomic mass is 10.1. The molecule has 0 amide bonds. The lowest BCUT2D eigenvalue weighted by molar-refractivity contribution is 0.345. The van der Waals surface area contributed by atoms with Gasteiger partial charge in [-0.05, 0) is 37.9 Å². The molecular weight excluding hydrogens is 360 g/mol. The van der Waals surface area contributed by atoms with Gasteiger partial charge in [-0.2, -0.15) is 4.98 Å². The van der Waals surface area contributed by atoms with Gasteiger partial charge in [0.1, 0.15) is 0 Å². The molecule has 1 atom stereocenters. The van der Waals surface area contributed by atoms with Crippen LogP contribution in [0.3, 0.4) is 0 Å². The second-order valence-electron chi connectivity index (χ2n) is 7.27. The summed E-state index contributed by atoms with van der Waals surface area (Å²) in [6, 6.07) is 8.76. The molecular formula is C21H29ClN4O. The first-order valence-corrected chi connectivity index (χ1v) is 10.0. The van der Waals surface area contributed by atoms with Crippen LogP contribution in [0.5, 0.6) is 0 Å². The second-order valence-corrected chi connectivity index (χ2v) is 7.27. The molecule has 146 valence electrons. The summed E-state index contributed by atoms with van der Waals surface area (Å²) in [6.07, 6.45) is 10.9. The van der Waals surface area contributed by atoms with Crippen molar-refractivity contribution in [3.63, 3.8) is 0 Å². The van der Waals surface area contributed by atoms with Crippen molar-refractivity contribution in [1.29, 1.82) is 0 Å². The third-order valence-electron chi connectivity index (χ3n) is 5.36. The minimum absolute atomic E-state index is 0. The third-order valence-corrected chi connectivity index (χ3v) is 5.36. The van der Waals surface area contributed by atoms with E-state index in [-0.39, 0.29) is 18.4 Å². The first-order valence-electron chi connectivity index (χ1n) is 10.0. The van der Waals surface area contributed by atoms with Crippen molar-refractivity contribution in [3.05, 3.63) is 36.4 Å². The lowest BCUT2D eigenvalue weighted by Gasteiger charge is -2.06. The van der Waals surface area contributed by atoms with Crippen LogP contribution in [-0.4, -0.2) is 21.3 Å². The molecule has 1 aromatic carbocycles. The maximum Gasteiger partial charge on any atom is 0.244 e. The molecule has 4 rings (SSSR count). The summed E-state index contributed by atoms with van der Waals surface area (Å²) in [5.41, 5.74) is 2.31. The summed E-state index contributed by atoms with van der Waals surface area (Å²) < 4.78 is 7.88. The first-order chi connectivity index (χ1) is 12.9. The highest BCUT2D eigenvalue weighted by molar-refractivity contribution is 5.93. The number of fused-ring (bicyclic) bond motifs is 1. The van der Waals surface area contributed by atoms with Gasteiger partial charge in [0.25, 0.3) is 0 Å². The van der Waals surface area contributed by atoms with Crippen LogP contribution in [0.2, 0.25) is 0 Å². The Hall–Kier alpha value is -1.85. The van der Waals surface area contributed by atoms with Gasteiger partial charge in [0.2, 0.25) is 11.7 Å². The number of nitrogens with one attached hydrogen (secondary N) is 1. The summed E-state index contributed by atoms with van der Waals surface area (Å²) in [5.74, 6) is 1.41. The maximum atomic E-state index is 5.53. The minimum Gasteiger partial charge on any atom is -0.347 e. The molecule has 0 saturated carbocycles. The number of unbranched alkanes of at least 4 members (excludes halogenated alkanes) is 4. The van der Waals surface area contributed by atoms with Crippen molar-refractivity contribution >= 4 is 23.3 Å². The average molecular weight is 389 g/mol. The number of nitrogens with zero attached hydrogens (tertiary/aromatic N) is 3. The molecule has 1 saturated heterocycles. The Morgan fingerprint density at radius 1 is 1.19 bits per heavy atom. The molecule has 3 heterocycles. The Kier molecular flexibility index (Phi) is 6.91. The fraction of sp³-hybridized carbons (Fsp3) is 0.524. The Bertz CT molecular complexity index is 851. The van der Waals surface area contributed by atoms with E-state index in [2.05, 4.69) is 57.4 Å². The third kappa shape index (κ3) is 4.36. The molecule has 1 aliphatic heterocycles. The van der Waals surface area contributed by atoms with Crippen LogP contribution in [0.1, 0.15) is 63.8 Å². The predicted octanol–water partition coefficient (Wildman–Crippen LogP) is 5.51. The largest absolute Gasteiger partial charge is 0.347 e. The summed E-state index contributed by atoms with van der Waals surface area (Å²) in [4.78, 5) is 4.67. The van der Waals surface area contributed by atoms with Crippen LogP contribution >= 0.6 is 12.4 Å². The number of hydrogen-bond acceptors (Lipinski definition) is 4. The molecule has 0 aliphatic carbocycles. The van der Waals surface area contributed by atoms with Crippen LogP contribution in [0, 0.1) is 0 Å². The fourth-order valence-corrected chi connectivity index (χ4v) is 3.88. The van der Waals surface area contributed by atoms with Crippen LogP contribution in [0.25, 0.3) is 22.3 Å². The van der Waals surface area contributed by atoms with Gasteiger partial charge in [-0.15, -0.1) is 12.4 Å². The number of aromatic nitrogens is 3. The normalized spacial score (nSPS) is 16.7. The van der Waals surface area contributed by atoms with Crippen LogP contribution in [0.4, 0.5) is 0 Å². The Morgan fingerprint density at radius 2 is 2.07 bits per heavy atom. The summed E-state index contributed by atoms with van der Waals surface area (Å²) in [6.45, 7) is 4.35. The Labute approximate surface area is 166 Å². The van der Waals surface area contributed by atoms with E-state index in [9.17, 15) is 0 Å². The molecule has 1 aliphatic rings. The zero-order valence-corrected chi connectivity index (χ0v) is 16.8. The SMILES string of the molecule is CCCCCCCn1ccc2c(-c3noc([C@@H]4CCCN4)n3)cccc21.Cl. The van der Waals surface area contributed by atoms with Crippen molar-refractivity contribution in [2.75, 3.05) is 6.54 Å². The highest BCUT2D eigenvalue weighted by Gasteiger charge is 2.23. The predicted molar refractivity (Wildman–Crippen MR) is 111 cm³/mol. The maximum absolute atomic E-state index is 5.53. The van der Waals surface area contributed by atoms with Gasteiger partial charge in [0.15, 0.2) is 0 Å². The zero-order chi connectivity index (χ0) is 17.8. The molecule has 6 heteroatoms. The molecule has 5 nitrogen and oxygen atoms in total. The highest BCUT2D eigenvalue weighted by atomic mass is 35.5. The van der Waals surface area contributed by atoms with Crippen molar-refractivity contribution in [2.45, 2.75) is 64.5 Å². The first kappa shape index (κ1) is 19.9. The number of benzene rings is 1. The molecule has 2 aromatic heterocycles. The second kappa shape index (κ2) is 9.38. The van der Waals surface area contributed by atoms with E-state index in [4.69, 9.17) is 4.52 Å². The molecule has 27 heavy (non-hydrogen) atoms. The van der Waals surface area contributed by atoms with Crippen molar-refractivity contribution in [2.24, 2.45) is 0 Å². The molecule has 0 unspecified atom stereocenters. The minimum atomic E-state index is 0. The standard InChI is InChI=1S/C21H28N4O.ClH/c1-2-3-4-5-6-14-25-15-12-16-17(9-7-11-19(16)25)20-23-21(26-24-20)18-10-8-13-22-18;/h7,9,11-12,15,18,22H,2-6,8,10,13-14H2,1H3;1H/t18-;/m0./s1. The van der Waals surface area contributed by atoms with E-state index in [0.717, 1.165) is 25.1 Å². The smallest absolute Gasteiger partial charge is 0.244 e. The molecule has 1 fully saturated rings. The molecule has 0 bridgehead atoms. The van der Waals surface area contributed by atoms with Crippen molar-refractivity contribution < 1.29 is 4.52 Å². The molecule has 0 spiro atoms. The van der Waals surface area contributed by atoms with Gasteiger partial charge in [-0.25, -0.2) is 0 Å². The van der Waals surface area contributed by atoms with Gasteiger partial charge in [-0.3, -0.25) is 0 Å². The molecule has 1 N–H and O–H groups in total. The fourth-order valence-electron chi connectivity index (χ4n) is 3.88. The lowest BCUT2D eigenvalue weighted by Crippen LogP contribution is -2.12. The average Bonchev–Trinajstić information content (AvgIpc) is 3.41. The van der Waals surface area contributed by atoms with Gasteiger partial charge in [-0.1, -0.05) is 49.9 Å². The summed E-state index contributed by atoms with van der Waals surface area (Å²) >= 11 is 0. The van der Waals surface area contributed by atoms with Gasteiger partial charge in [0.05, 0.1) is 6.04 Å². The van der Waals surface area contributed by atoms with E-state index in [1.54, 1.807) is 0 Å². The Morgan fingerprint density at radius 3 is 2.89 bits per heavy atom. The van der Waals surface area contributed by atoms with E-state index >= 15 is 0 Å². The van der Waals surface area contributed by atoms with E-state index in [1.807, 2.05) is 0 Å². The monoisotopic (exact) mass is 388 g/mol. The molecule has 3 aromatic rings. The van der Waals surface area contributed by atoms with Crippen LogP contribution in [-0.2, 0) is 6.54 Å². The van der Waals surface area contributed by atoms with Crippen LogP contribution in [0.15, 0.2) is 35.0 Å². The van der Waals surface area contributed by atoms with E-state index in [1.165, 1.54) is 49.4 Å². The molecule has 0 radical (unpaired) electrons. The topological polar surface area (TPSA) is 55.9 Å². The van der Waals surface area contributed by atoms with Crippen LogP contribution < -0.4 is 5.32 Å². The zero-order valence-electron chi connectivity index (χ0n) is 16.0. The summed E-state index contributed by atoms with van der Waals surface area (Å²) in [7, 11) is 0. The Balaban J connectivity index is 0.00000210. The van der Waals surface area contributed by atoms with Crippen molar-refractivity contribution in [3.8, 4) is 11.4 Å². The van der Waals surface area contributed by atoms with Gasteiger partial charge >= 0.3 is 0 Å². The van der Waals surface area contributed by atoms with E-state index in [0.29, 0.717) is 11.7 Å². The highest BCUT2D eigenvalue weighted by Crippen LogP contribution is 2.30. The van der Waals surface area contributed by atoms with Gasteiger partial charge in [0, 0.05) is 29.2 Å².